The molecule has 0 aromatic heterocycles. The third-order valence-electron chi connectivity index (χ3n) is 3.36. The minimum atomic E-state index is -0.753. The molecule has 0 saturated carbocycles. The number of rotatable bonds is 1. The maximum absolute atomic E-state index is 13.1. The van der Waals surface area contributed by atoms with Gasteiger partial charge in [-0.15, -0.1) is 11.6 Å². The van der Waals surface area contributed by atoms with E-state index in [1.54, 1.807) is 4.90 Å². The van der Waals surface area contributed by atoms with Crippen LogP contribution in [0.15, 0.2) is 18.2 Å². The van der Waals surface area contributed by atoms with Gasteiger partial charge in [0.05, 0.1) is 10.0 Å². The summed E-state index contributed by atoms with van der Waals surface area (Å²) < 4.78 is 13.1. The fraction of sp³-hybridized carbons (Fsp3) is 0.462. The van der Waals surface area contributed by atoms with Crippen LogP contribution in [0.3, 0.4) is 0 Å². The number of halogens is 3. The molecule has 1 fully saturated rings. The molecule has 1 saturated heterocycles. The third kappa shape index (κ3) is 3.19. The number of nitrogens with zero attached hydrogens (tertiary/aromatic N) is 1. The van der Waals surface area contributed by atoms with E-state index < -0.39 is 10.8 Å². The maximum atomic E-state index is 13.1. The van der Waals surface area contributed by atoms with E-state index in [9.17, 15) is 9.18 Å². The number of carbonyl (C=O) groups excluding carboxylic acids is 1. The van der Waals surface area contributed by atoms with E-state index in [0.717, 1.165) is 0 Å². The molecule has 0 spiro atoms. The van der Waals surface area contributed by atoms with E-state index in [1.807, 2.05) is 6.92 Å². The molecule has 2 atom stereocenters. The Balaban J connectivity index is 2.18. The summed E-state index contributed by atoms with van der Waals surface area (Å²) in [6.07, 6.45) is 1.05. The van der Waals surface area contributed by atoms with Gasteiger partial charge in [-0.25, -0.2) is 4.39 Å². The maximum Gasteiger partial charge on any atom is 0.254 e. The molecule has 1 amide bonds. The van der Waals surface area contributed by atoms with E-state index in [0.29, 0.717) is 24.9 Å². The van der Waals surface area contributed by atoms with Crippen molar-refractivity contribution in [1.29, 1.82) is 0 Å². The third-order valence-corrected chi connectivity index (χ3v) is 4.00. The van der Waals surface area contributed by atoms with Crippen molar-refractivity contribution in [2.75, 3.05) is 6.54 Å². The van der Waals surface area contributed by atoms with Gasteiger partial charge in [0, 0.05) is 18.2 Å². The molecule has 104 valence electrons. The Morgan fingerprint density at radius 3 is 2.84 bits per heavy atom. The lowest BCUT2D eigenvalue weighted by Gasteiger charge is -2.40. The van der Waals surface area contributed by atoms with Gasteiger partial charge in [-0.05, 0) is 38.0 Å². The number of carbonyl (C=O) groups is 1. The summed E-state index contributed by atoms with van der Waals surface area (Å²) in [5, 5.41) is -0.0546. The van der Waals surface area contributed by atoms with Crippen LogP contribution in [0.1, 0.15) is 30.1 Å². The number of piperidine rings is 1. The molecule has 1 heterocycles. The molecule has 1 aromatic rings. The summed E-state index contributed by atoms with van der Waals surface area (Å²) >= 11 is 11.8. The minimum Gasteiger partial charge on any atom is -0.336 e. The first-order chi connectivity index (χ1) is 8.80. The van der Waals surface area contributed by atoms with Crippen LogP contribution < -0.4 is 5.73 Å². The van der Waals surface area contributed by atoms with Crippen LogP contribution >= 0.6 is 23.2 Å². The van der Waals surface area contributed by atoms with Crippen LogP contribution in [0, 0.1) is 5.82 Å². The van der Waals surface area contributed by atoms with E-state index in [4.69, 9.17) is 28.9 Å². The fourth-order valence-corrected chi connectivity index (χ4v) is 2.82. The highest BCUT2D eigenvalue weighted by molar-refractivity contribution is 6.31. The van der Waals surface area contributed by atoms with Crippen LogP contribution in [0.2, 0.25) is 5.02 Å². The Hall–Kier alpha value is -0.840. The van der Waals surface area contributed by atoms with Crippen molar-refractivity contribution < 1.29 is 9.18 Å². The van der Waals surface area contributed by atoms with Crippen LogP contribution in [0.5, 0.6) is 0 Å². The zero-order valence-electron chi connectivity index (χ0n) is 10.5. The molecule has 2 N–H and O–H groups in total. The number of hydrogen-bond acceptors (Lipinski definition) is 2. The first-order valence-electron chi connectivity index (χ1n) is 6.04. The van der Waals surface area contributed by atoms with Gasteiger partial charge >= 0.3 is 0 Å². The molecule has 6 heteroatoms. The monoisotopic (exact) mass is 304 g/mol. The zero-order valence-corrected chi connectivity index (χ0v) is 12.0. The Kier molecular flexibility index (Phi) is 4.04. The first-order valence-corrected chi connectivity index (χ1v) is 6.79. The Morgan fingerprint density at radius 1 is 1.58 bits per heavy atom. The molecule has 2 rings (SSSR count). The second kappa shape index (κ2) is 5.27. The van der Waals surface area contributed by atoms with Gasteiger partial charge in [0.2, 0.25) is 0 Å². The molecular weight excluding hydrogens is 290 g/mol. The number of hydrogen-bond donors (Lipinski definition) is 1. The first kappa shape index (κ1) is 14.6. The molecule has 1 aliphatic heterocycles. The molecule has 1 aliphatic rings. The highest BCUT2D eigenvalue weighted by Gasteiger charge is 2.35. The van der Waals surface area contributed by atoms with E-state index in [-0.39, 0.29) is 17.0 Å². The Bertz CT molecular complexity index is 507. The lowest BCUT2D eigenvalue weighted by molar-refractivity contribution is 0.0600. The minimum absolute atomic E-state index is 0.0546. The number of benzene rings is 1. The Morgan fingerprint density at radius 2 is 2.26 bits per heavy atom. The molecule has 1 aromatic carbocycles. The van der Waals surface area contributed by atoms with Gasteiger partial charge in [0.25, 0.3) is 5.91 Å². The van der Waals surface area contributed by atoms with Gasteiger partial charge in [-0.1, -0.05) is 11.6 Å². The van der Waals surface area contributed by atoms with Gasteiger partial charge in [-0.3, -0.25) is 4.79 Å². The van der Waals surface area contributed by atoms with Crippen molar-refractivity contribution in [2.45, 2.75) is 30.8 Å². The quantitative estimate of drug-likeness (QED) is 0.640. The van der Waals surface area contributed by atoms with Crippen molar-refractivity contribution in [3.63, 3.8) is 0 Å². The van der Waals surface area contributed by atoms with Gasteiger partial charge in [0.1, 0.15) is 5.82 Å². The van der Waals surface area contributed by atoms with E-state index in [2.05, 4.69) is 0 Å². The summed E-state index contributed by atoms with van der Waals surface area (Å²) in [5.41, 5.74) is 6.24. The topological polar surface area (TPSA) is 46.3 Å². The van der Waals surface area contributed by atoms with Crippen molar-refractivity contribution in [3.8, 4) is 0 Å². The van der Waals surface area contributed by atoms with E-state index in [1.165, 1.54) is 18.2 Å². The van der Waals surface area contributed by atoms with Gasteiger partial charge in [-0.2, -0.15) is 0 Å². The van der Waals surface area contributed by atoms with Crippen LogP contribution in [0.25, 0.3) is 0 Å². The Labute approximate surface area is 121 Å². The number of amides is 1. The normalized spacial score (nSPS) is 27.4. The van der Waals surface area contributed by atoms with Crippen LogP contribution in [-0.4, -0.2) is 28.4 Å². The SMILES string of the molecule is CC1CC(N)(Cl)CCN1C(=O)c1ccc(F)c(Cl)c1. The average Bonchev–Trinajstić information content (AvgIpc) is 2.31. The summed E-state index contributed by atoms with van der Waals surface area (Å²) in [6.45, 7) is 2.38. The highest BCUT2D eigenvalue weighted by Crippen LogP contribution is 2.29. The second-order valence-electron chi connectivity index (χ2n) is 4.97. The summed E-state index contributed by atoms with van der Waals surface area (Å²) in [4.78, 5) is 13.3. The molecule has 0 aliphatic carbocycles. The van der Waals surface area contributed by atoms with Gasteiger partial charge in [0.15, 0.2) is 0 Å². The van der Waals surface area contributed by atoms with Crippen molar-refractivity contribution >= 4 is 29.1 Å². The predicted molar refractivity (Wildman–Crippen MR) is 73.9 cm³/mol. The predicted octanol–water partition coefficient (Wildman–Crippen LogP) is 3.00. The summed E-state index contributed by atoms with van der Waals surface area (Å²) in [7, 11) is 0. The molecule has 0 bridgehead atoms. The number of alkyl halides is 1. The molecule has 2 unspecified atom stereocenters. The van der Waals surface area contributed by atoms with Crippen LogP contribution in [-0.2, 0) is 0 Å². The summed E-state index contributed by atoms with van der Waals surface area (Å²) in [6, 6.07) is 3.91. The second-order valence-corrected chi connectivity index (χ2v) is 6.13. The number of likely N-dealkylation sites (tertiary alicyclic amines) is 1. The smallest absolute Gasteiger partial charge is 0.254 e. The largest absolute Gasteiger partial charge is 0.336 e. The van der Waals surface area contributed by atoms with Crippen LogP contribution in [0.4, 0.5) is 4.39 Å². The van der Waals surface area contributed by atoms with Gasteiger partial charge < -0.3 is 10.6 Å². The summed E-state index contributed by atoms with van der Waals surface area (Å²) in [5.74, 6) is -0.715. The highest BCUT2D eigenvalue weighted by atomic mass is 35.5. The fourth-order valence-electron chi connectivity index (χ4n) is 2.33. The number of nitrogens with two attached hydrogens (primary N) is 1. The molecule has 0 radical (unpaired) electrons. The van der Waals surface area contributed by atoms with Crippen molar-refractivity contribution in [2.24, 2.45) is 5.73 Å². The molecule has 19 heavy (non-hydrogen) atoms. The molecular formula is C13H15Cl2FN2O. The average molecular weight is 305 g/mol. The molecule has 3 nitrogen and oxygen atoms in total. The van der Waals surface area contributed by atoms with Crippen molar-refractivity contribution in [3.05, 3.63) is 34.6 Å². The van der Waals surface area contributed by atoms with Crippen molar-refractivity contribution in [1.82, 2.24) is 4.90 Å². The lowest BCUT2D eigenvalue weighted by Crippen LogP contribution is -2.52. The lowest BCUT2D eigenvalue weighted by atomic mass is 9.97. The zero-order chi connectivity index (χ0) is 14.2. The standard InChI is InChI=1S/C13H15Cl2FN2O/c1-8-7-13(15,17)4-5-18(8)12(19)9-2-3-11(16)10(14)6-9/h2-3,6,8H,4-5,7,17H2,1H3. The van der Waals surface area contributed by atoms with E-state index >= 15 is 0 Å².